The van der Waals surface area contributed by atoms with Crippen molar-refractivity contribution >= 4 is 11.6 Å². The van der Waals surface area contributed by atoms with E-state index in [1.54, 1.807) is 7.11 Å². The van der Waals surface area contributed by atoms with Crippen LogP contribution in [0.25, 0.3) is 0 Å². The van der Waals surface area contributed by atoms with E-state index in [2.05, 4.69) is 6.92 Å². The van der Waals surface area contributed by atoms with Crippen molar-refractivity contribution in [3.05, 3.63) is 0 Å². The van der Waals surface area contributed by atoms with E-state index in [-0.39, 0.29) is 0 Å². The SMILES string of the molecule is COC(C)CC(CCl)C1CCCC1. The minimum atomic E-state index is 0.365. The van der Waals surface area contributed by atoms with E-state index in [4.69, 9.17) is 16.3 Å². The molecule has 0 amide bonds. The van der Waals surface area contributed by atoms with Gasteiger partial charge in [0, 0.05) is 13.0 Å². The molecule has 1 aliphatic carbocycles. The van der Waals surface area contributed by atoms with E-state index in [1.165, 1.54) is 25.7 Å². The molecule has 0 aromatic carbocycles. The maximum atomic E-state index is 5.99. The quantitative estimate of drug-likeness (QED) is 0.624. The Kier molecular flexibility index (Phi) is 5.12. The van der Waals surface area contributed by atoms with Crippen LogP contribution in [0.5, 0.6) is 0 Å². The van der Waals surface area contributed by atoms with Crippen molar-refractivity contribution in [3.63, 3.8) is 0 Å². The summed E-state index contributed by atoms with van der Waals surface area (Å²) in [5, 5.41) is 0. The number of hydrogen-bond donors (Lipinski definition) is 0. The van der Waals surface area contributed by atoms with Crippen molar-refractivity contribution in [1.82, 2.24) is 0 Å². The van der Waals surface area contributed by atoms with E-state index >= 15 is 0 Å². The molecular formula is C11H21ClO. The molecule has 0 aromatic rings. The van der Waals surface area contributed by atoms with Crippen molar-refractivity contribution < 1.29 is 4.74 Å². The highest BCUT2D eigenvalue weighted by Crippen LogP contribution is 2.34. The Balaban J connectivity index is 2.32. The smallest absolute Gasteiger partial charge is 0.0546 e. The van der Waals surface area contributed by atoms with Gasteiger partial charge in [0.25, 0.3) is 0 Å². The molecule has 1 saturated carbocycles. The molecular weight excluding hydrogens is 184 g/mol. The molecule has 1 nitrogen and oxygen atoms in total. The molecule has 2 unspecified atom stereocenters. The molecule has 0 N–H and O–H groups in total. The highest BCUT2D eigenvalue weighted by Gasteiger charge is 2.25. The predicted octanol–water partition coefficient (Wildman–Crippen LogP) is 3.46. The number of hydrogen-bond acceptors (Lipinski definition) is 1. The Labute approximate surface area is 86.8 Å². The standard InChI is InChI=1S/C11H21ClO/c1-9(13-2)7-11(8-12)10-5-3-4-6-10/h9-11H,3-8H2,1-2H3. The lowest BCUT2D eigenvalue weighted by Gasteiger charge is -2.23. The van der Waals surface area contributed by atoms with Gasteiger partial charge in [0.2, 0.25) is 0 Å². The van der Waals surface area contributed by atoms with Crippen molar-refractivity contribution in [2.24, 2.45) is 11.8 Å². The van der Waals surface area contributed by atoms with E-state index in [1.807, 2.05) is 0 Å². The average Bonchev–Trinajstić information content (AvgIpc) is 2.66. The van der Waals surface area contributed by atoms with Gasteiger partial charge in [-0.15, -0.1) is 11.6 Å². The van der Waals surface area contributed by atoms with E-state index in [9.17, 15) is 0 Å². The summed E-state index contributed by atoms with van der Waals surface area (Å²) in [4.78, 5) is 0. The first-order chi connectivity index (χ1) is 6.27. The van der Waals surface area contributed by atoms with Crippen molar-refractivity contribution in [2.75, 3.05) is 13.0 Å². The molecule has 1 aliphatic rings. The largest absolute Gasteiger partial charge is 0.382 e. The second kappa shape index (κ2) is 5.87. The van der Waals surface area contributed by atoms with Gasteiger partial charge in [-0.2, -0.15) is 0 Å². The third-order valence-corrected chi connectivity index (χ3v) is 3.70. The maximum absolute atomic E-state index is 5.99. The highest BCUT2D eigenvalue weighted by atomic mass is 35.5. The molecule has 0 saturated heterocycles. The van der Waals surface area contributed by atoms with Crippen LogP contribution in [0.2, 0.25) is 0 Å². The lowest BCUT2D eigenvalue weighted by Crippen LogP contribution is -2.20. The summed E-state index contributed by atoms with van der Waals surface area (Å²) in [6, 6.07) is 0. The minimum absolute atomic E-state index is 0.365. The van der Waals surface area contributed by atoms with Gasteiger partial charge in [-0.3, -0.25) is 0 Å². The van der Waals surface area contributed by atoms with Crippen LogP contribution in [0.4, 0.5) is 0 Å². The predicted molar refractivity (Wildman–Crippen MR) is 57.3 cm³/mol. The van der Waals surface area contributed by atoms with Gasteiger partial charge in [-0.1, -0.05) is 25.7 Å². The molecule has 2 heteroatoms. The maximum Gasteiger partial charge on any atom is 0.0546 e. The van der Waals surface area contributed by atoms with Crippen molar-refractivity contribution in [3.8, 4) is 0 Å². The Bertz CT molecular complexity index is 132. The molecule has 2 atom stereocenters. The summed E-state index contributed by atoms with van der Waals surface area (Å²) in [6.45, 7) is 2.13. The van der Waals surface area contributed by atoms with Gasteiger partial charge in [-0.05, 0) is 25.2 Å². The van der Waals surface area contributed by atoms with Gasteiger partial charge in [0.1, 0.15) is 0 Å². The number of rotatable bonds is 5. The molecule has 1 rings (SSSR count). The fraction of sp³-hybridized carbons (Fsp3) is 1.00. The first kappa shape index (κ1) is 11.3. The highest BCUT2D eigenvalue weighted by molar-refractivity contribution is 6.18. The van der Waals surface area contributed by atoms with Gasteiger partial charge < -0.3 is 4.74 Å². The molecule has 0 radical (unpaired) electrons. The molecule has 0 heterocycles. The van der Waals surface area contributed by atoms with Crippen molar-refractivity contribution in [2.45, 2.75) is 45.1 Å². The van der Waals surface area contributed by atoms with Gasteiger partial charge in [0.15, 0.2) is 0 Å². The number of alkyl halides is 1. The lowest BCUT2D eigenvalue weighted by atomic mass is 9.88. The fourth-order valence-electron chi connectivity index (χ4n) is 2.33. The molecule has 13 heavy (non-hydrogen) atoms. The van der Waals surface area contributed by atoms with Crippen LogP contribution in [-0.4, -0.2) is 19.1 Å². The number of methoxy groups -OCH3 is 1. The van der Waals surface area contributed by atoms with Crippen LogP contribution in [-0.2, 0) is 4.74 Å². The lowest BCUT2D eigenvalue weighted by molar-refractivity contribution is 0.0882. The summed E-state index contributed by atoms with van der Waals surface area (Å²) in [5.41, 5.74) is 0. The second-order valence-electron chi connectivity index (χ2n) is 4.24. The molecule has 0 aliphatic heterocycles. The first-order valence-electron chi connectivity index (χ1n) is 5.36. The zero-order valence-corrected chi connectivity index (χ0v) is 9.52. The van der Waals surface area contributed by atoms with Crippen LogP contribution in [0.1, 0.15) is 39.0 Å². The molecule has 1 fully saturated rings. The Morgan fingerprint density at radius 2 is 2.00 bits per heavy atom. The van der Waals surface area contributed by atoms with Crippen LogP contribution < -0.4 is 0 Å². The van der Waals surface area contributed by atoms with Crippen LogP contribution in [0.15, 0.2) is 0 Å². The molecule has 78 valence electrons. The third-order valence-electron chi connectivity index (χ3n) is 3.30. The van der Waals surface area contributed by atoms with Crippen molar-refractivity contribution in [1.29, 1.82) is 0 Å². The number of ether oxygens (including phenoxy) is 1. The molecule has 0 spiro atoms. The minimum Gasteiger partial charge on any atom is -0.382 e. The van der Waals surface area contributed by atoms with Crippen LogP contribution in [0, 0.1) is 11.8 Å². The van der Waals surface area contributed by atoms with Gasteiger partial charge in [-0.25, -0.2) is 0 Å². The summed E-state index contributed by atoms with van der Waals surface area (Å²) in [6.07, 6.45) is 7.06. The molecule has 0 aromatic heterocycles. The van der Waals surface area contributed by atoms with Crippen LogP contribution in [0.3, 0.4) is 0 Å². The summed E-state index contributed by atoms with van der Waals surface area (Å²) in [7, 11) is 1.78. The summed E-state index contributed by atoms with van der Waals surface area (Å²) in [5.74, 6) is 2.35. The first-order valence-corrected chi connectivity index (χ1v) is 5.90. The summed E-state index contributed by atoms with van der Waals surface area (Å²) < 4.78 is 5.28. The zero-order chi connectivity index (χ0) is 9.68. The van der Waals surface area contributed by atoms with E-state index in [0.717, 1.165) is 18.2 Å². The topological polar surface area (TPSA) is 9.23 Å². The van der Waals surface area contributed by atoms with E-state index in [0.29, 0.717) is 12.0 Å². The Morgan fingerprint density at radius 3 is 2.46 bits per heavy atom. The average molecular weight is 205 g/mol. The Hall–Kier alpha value is 0.250. The molecule has 0 bridgehead atoms. The normalized spacial score (nSPS) is 23.3. The van der Waals surface area contributed by atoms with E-state index < -0.39 is 0 Å². The monoisotopic (exact) mass is 204 g/mol. The number of halogens is 1. The zero-order valence-electron chi connectivity index (χ0n) is 8.76. The fourth-order valence-corrected chi connectivity index (χ4v) is 2.71. The summed E-state index contributed by atoms with van der Waals surface area (Å²) >= 11 is 5.99. The van der Waals surface area contributed by atoms with Crippen LogP contribution >= 0.6 is 11.6 Å². The second-order valence-corrected chi connectivity index (χ2v) is 4.55. The van der Waals surface area contributed by atoms with Gasteiger partial charge in [0.05, 0.1) is 6.10 Å². The van der Waals surface area contributed by atoms with Gasteiger partial charge >= 0.3 is 0 Å². The third kappa shape index (κ3) is 3.47. The Morgan fingerprint density at radius 1 is 1.38 bits per heavy atom.